The molecule has 0 spiro atoms. The van der Waals surface area contributed by atoms with Crippen LogP contribution in [-0.4, -0.2) is 0 Å². The van der Waals surface area contributed by atoms with Crippen molar-refractivity contribution in [1.29, 1.82) is 0 Å². The molecule has 0 radical (unpaired) electrons. The van der Waals surface area contributed by atoms with E-state index in [-0.39, 0.29) is 0 Å². The Bertz CT molecular complexity index is 214. The molecule has 0 nitrogen and oxygen atoms in total. The molecule has 0 bridgehead atoms. The molecule has 0 aromatic carbocycles. The summed E-state index contributed by atoms with van der Waals surface area (Å²) in [4.78, 5) is 0. The van der Waals surface area contributed by atoms with Crippen molar-refractivity contribution < 1.29 is 0 Å². The molecule has 0 heterocycles. The van der Waals surface area contributed by atoms with Crippen molar-refractivity contribution in [2.45, 2.75) is 33.1 Å². The summed E-state index contributed by atoms with van der Waals surface area (Å²) in [6, 6.07) is 0. The normalized spacial score (nSPS) is 18.7. The van der Waals surface area contributed by atoms with E-state index in [9.17, 15) is 0 Å². The zero-order valence-electron chi connectivity index (χ0n) is 8.14. The number of rotatable bonds is 4. The minimum Gasteiger partial charge on any atom is -0.0958 e. The third-order valence-electron chi connectivity index (χ3n) is 2.37. The quantitative estimate of drug-likeness (QED) is 0.550. The fraction of sp³-hybridized carbons (Fsp3) is 0.500. The number of hydrogen-bond donors (Lipinski definition) is 0. The topological polar surface area (TPSA) is 0 Å². The van der Waals surface area contributed by atoms with E-state index >= 15 is 0 Å². The van der Waals surface area contributed by atoms with Crippen molar-refractivity contribution in [3.05, 3.63) is 36.0 Å². The molecule has 66 valence electrons. The first-order valence-corrected chi connectivity index (χ1v) is 4.76. The standard InChI is InChI=1S/C12H18/c1-4-10(2)6-5-7-11(3)12-8-9-12/h5-7,12H,2,4,8-9H2,1,3H3/b6-5-,11-7+. The van der Waals surface area contributed by atoms with Gasteiger partial charge >= 0.3 is 0 Å². The molecule has 0 heteroatoms. The molecule has 0 saturated heterocycles. The van der Waals surface area contributed by atoms with Gasteiger partial charge in [0.25, 0.3) is 0 Å². The van der Waals surface area contributed by atoms with Gasteiger partial charge in [0.2, 0.25) is 0 Å². The molecule has 1 rings (SSSR count). The maximum Gasteiger partial charge on any atom is -0.0202 e. The minimum atomic E-state index is 0.893. The fourth-order valence-electron chi connectivity index (χ4n) is 1.13. The van der Waals surface area contributed by atoms with Crippen molar-refractivity contribution in [3.8, 4) is 0 Å². The Labute approximate surface area is 75.7 Å². The molecule has 1 fully saturated rings. The summed E-state index contributed by atoms with van der Waals surface area (Å²) in [5.41, 5.74) is 2.73. The van der Waals surface area contributed by atoms with Crippen LogP contribution in [0.2, 0.25) is 0 Å². The van der Waals surface area contributed by atoms with Crippen LogP contribution in [0.25, 0.3) is 0 Å². The average molecular weight is 162 g/mol. The monoisotopic (exact) mass is 162 g/mol. The van der Waals surface area contributed by atoms with Crippen molar-refractivity contribution >= 4 is 0 Å². The lowest BCUT2D eigenvalue weighted by Crippen LogP contribution is -1.75. The van der Waals surface area contributed by atoms with E-state index in [0.717, 1.165) is 12.3 Å². The van der Waals surface area contributed by atoms with Crippen LogP contribution in [0, 0.1) is 5.92 Å². The summed E-state index contributed by atoms with van der Waals surface area (Å²) in [7, 11) is 0. The SMILES string of the molecule is C=C(/C=C\C=C(/C)C1CC1)CC. The fourth-order valence-corrected chi connectivity index (χ4v) is 1.13. The Morgan fingerprint density at radius 1 is 1.50 bits per heavy atom. The predicted molar refractivity (Wildman–Crippen MR) is 55.1 cm³/mol. The average Bonchev–Trinajstić information content (AvgIpc) is 2.86. The summed E-state index contributed by atoms with van der Waals surface area (Å²) in [6.07, 6.45) is 10.3. The summed E-state index contributed by atoms with van der Waals surface area (Å²) < 4.78 is 0. The lowest BCUT2D eigenvalue weighted by atomic mass is 10.1. The third kappa shape index (κ3) is 3.08. The zero-order valence-corrected chi connectivity index (χ0v) is 8.14. The maximum absolute atomic E-state index is 3.91. The van der Waals surface area contributed by atoms with Crippen LogP contribution >= 0.6 is 0 Å². The minimum absolute atomic E-state index is 0.893. The van der Waals surface area contributed by atoms with Gasteiger partial charge in [0.1, 0.15) is 0 Å². The van der Waals surface area contributed by atoms with Gasteiger partial charge < -0.3 is 0 Å². The summed E-state index contributed by atoms with van der Waals surface area (Å²) >= 11 is 0. The highest BCUT2D eigenvalue weighted by Gasteiger charge is 2.21. The lowest BCUT2D eigenvalue weighted by Gasteiger charge is -1.93. The van der Waals surface area contributed by atoms with E-state index in [1.54, 1.807) is 0 Å². The van der Waals surface area contributed by atoms with Crippen LogP contribution in [-0.2, 0) is 0 Å². The molecule has 0 aromatic heterocycles. The van der Waals surface area contributed by atoms with E-state index in [4.69, 9.17) is 0 Å². The van der Waals surface area contributed by atoms with Crippen LogP contribution in [0.15, 0.2) is 36.0 Å². The largest absolute Gasteiger partial charge is 0.0958 e. The molecule has 12 heavy (non-hydrogen) atoms. The van der Waals surface area contributed by atoms with Gasteiger partial charge in [-0.05, 0) is 32.1 Å². The zero-order chi connectivity index (χ0) is 8.97. The van der Waals surface area contributed by atoms with Gasteiger partial charge in [-0.3, -0.25) is 0 Å². The molecule has 0 amide bonds. The molecule has 0 atom stereocenters. The van der Waals surface area contributed by atoms with Crippen molar-refractivity contribution in [3.63, 3.8) is 0 Å². The maximum atomic E-state index is 3.91. The smallest absolute Gasteiger partial charge is 0.0202 e. The van der Waals surface area contributed by atoms with Gasteiger partial charge in [0.05, 0.1) is 0 Å². The molecule has 1 aliphatic rings. The number of hydrogen-bond acceptors (Lipinski definition) is 0. The molecule has 1 aliphatic carbocycles. The first-order chi connectivity index (χ1) is 5.74. The Kier molecular flexibility index (Phi) is 3.33. The lowest BCUT2D eigenvalue weighted by molar-refractivity contribution is 1.01. The van der Waals surface area contributed by atoms with Crippen LogP contribution in [0.3, 0.4) is 0 Å². The third-order valence-corrected chi connectivity index (χ3v) is 2.37. The summed E-state index contributed by atoms with van der Waals surface area (Å²) in [5.74, 6) is 0.893. The Morgan fingerprint density at radius 3 is 2.67 bits per heavy atom. The van der Waals surface area contributed by atoms with Gasteiger partial charge in [-0.2, -0.15) is 0 Å². The van der Waals surface area contributed by atoms with Gasteiger partial charge in [0, 0.05) is 0 Å². The summed E-state index contributed by atoms with van der Waals surface area (Å²) in [5, 5.41) is 0. The van der Waals surface area contributed by atoms with Crippen molar-refractivity contribution in [2.75, 3.05) is 0 Å². The van der Waals surface area contributed by atoms with Crippen molar-refractivity contribution in [1.82, 2.24) is 0 Å². The van der Waals surface area contributed by atoms with E-state index in [0.29, 0.717) is 0 Å². The van der Waals surface area contributed by atoms with E-state index in [1.165, 1.54) is 24.0 Å². The molecular formula is C12H18. The Balaban J connectivity index is 2.35. The Hall–Kier alpha value is -0.780. The van der Waals surface area contributed by atoms with Crippen LogP contribution in [0.5, 0.6) is 0 Å². The second kappa shape index (κ2) is 4.30. The van der Waals surface area contributed by atoms with E-state index < -0.39 is 0 Å². The van der Waals surface area contributed by atoms with E-state index in [1.807, 2.05) is 0 Å². The van der Waals surface area contributed by atoms with Crippen LogP contribution in [0.1, 0.15) is 33.1 Å². The first kappa shape index (κ1) is 9.31. The molecule has 0 aliphatic heterocycles. The van der Waals surface area contributed by atoms with Gasteiger partial charge in [-0.25, -0.2) is 0 Å². The highest BCUT2D eigenvalue weighted by molar-refractivity contribution is 5.23. The van der Waals surface area contributed by atoms with Gasteiger partial charge in [0.15, 0.2) is 0 Å². The van der Waals surface area contributed by atoms with Crippen LogP contribution < -0.4 is 0 Å². The van der Waals surface area contributed by atoms with Crippen molar-refractivity contribution in [2.24, 2.45) is 5.92 Å². The highest BCUT2D eigenvalue weighted by Crippen LogP contribution is 2.35. The van der Waals surface area contributed by atoms with Crippen LogP contribution in [0.4, 0.5) is 0 Å². The van der Waals surface area contributed by atoms with E-state index in [2.05, 4.69) is 38.7 Å². The number of allylic oxidation sites excluding steroid dienone is 5. The molecule has 1 saturated carbocycles. The second-order valence-electron chi connectivity index (χ2n) is 3.56. The highest BCUT2D eigenvalue weighted by atomic mass is 14.3. The molecule has 0 unspecified atom stereocenters. The summed E-state index contributed by atoms with van der Waals surface area (Å²) in [6.45, 7) is 8.26. The van der Waals surface area contributed by atoms with Gasteiger partial charge in [-0.15, -0.1) is 0 Å². The molecule has 0 aromatic rings. The molecular weight excluding hydrogens is 144 g/mol. The van der Waals surface area contributed by atoms with Gasteiger partial charge in [-0.1, -0.05) is 42.9 Å². The predicted octanol–water partition coefficient (Wildman–Crippen LogP) is 3.87. The Morgan fingerprint density at radius 2 is 2.17 bits per heavy atom. The first-order valence-electron chi connectivity index (χ1n) is 4.76. The molecule has 0 N–H and O–H groups in total. The second-order valence-corrected chi connectivity index (χ2v) is 3.56.